The van der Waals surface area contributed by atoms with Crippen LogP contribution in [0.1, 0.15) is 0 Å². The van der Waals surface area contributed by atoms with Crippen molar-refractivity contribution >= 4 is 11.9 Å². The number of carbonyl (C=O) groups is 2. The van der Waals surface area contributed by atoms with Crippen LogP contribution in [0.5, 0.6) is 0 Å². The van der Waals surface area contributed by atoms with Gasteiger partial charge in [-0.05, 0) is 0 Å². The average Bonchev–Trinajstić information content (AvgIpc) is 2.66. The van der Waals surface area contributed by atoms with Gasteiger partial charge in [-0.15, -0.1) is 0 Å². The van der Waals surface area contributed by atoms with Crippen LogP contribution in [-0.4, -0.2) is 107 Å². The fraction of sp³-hybridized carbons (Fsp3) is 0.867. The Morgan fingerprint density at radius 1 is 0.808 bits per heavy atom. The lowest BCUT2D eigenvalue weighted by molar-refractivity contribution is -0.161. The number of methoxy groups -OCH3 is 1. The molecule has 154 valence electrons. The molecule has 1 amide bonds. The standard InChI is InChI=1S/C15H34N6O5/c1-26-15(25)13(23)12(22)14(24)21-11-10-20-9-8-19-7-6-18-5-4-17-3-2-16/h12-13,17-20,22-23H,2-11,16H2,1H3,(H,21,24)/t12-,13-/m1/s1. The van der Waals surface area contributed by atoms with Gasteiger partial charge in [0.05, 0.1) is 7.11 Å². The molecule has 11 nitrogen and oxygen atoms in total. The second-order valence-corrected chi connectivity index (χ2v) is 5.49. The van der Waals surface area contributed by atoms with E-state index >= 15 is 0 Å². The molecule has 0 saturated heterocycles. The summed E-state index contributed by atoms with van der Waals surface area (Å²) in [6.45, 7) is 7.28. The third kappa shape index (κ3) is 12.9. The number of carbonyl (C=O) groups excluding carboxylic acids is 2. The highest BCUT2D eigenvalue weighted by molar-refractivity contribution is 5.88. The van der Waals surface area contributed by atoms with Crippen molar-refractivity contribution in [2.45, 2.75) is 12.2 Å². The van der Waals surface area contributed by atoms with Gasteiger partial charge < -0.3 is 47.3 Å². The minimum Gasteiger partial charge on any atom is -0.467 e. The Kier molecular flexibility index (Phi) is 16.2. The maximum Gasteiger partial charge on any atom is 0.338 e. The number of amides is 1. The normalized spacial score (nSPS) is 13.2. The van der Waals surface area contributed by atoms with Crippen molar-refractivity contribution < 1.29 is 24.5 Å². The van der Waals surface area contributed by atoms with Gasteiger partial charge in [-0.1, -0.05) is 0 Å². The molecular formula is C15H34N6O5. The van der Waals surface area contributed by atoms with Crippen molar-refractivity contribution in [2.75, 3.05) is 72.6 Å². The van der Waals surface area contributed by atoms with Crippen molar-refractivity contribution in [3.05, 3.63) is 0 Å². The highest BCUT2D eigenvalue weighted by Crippen LogP contribution is 1.96. The molecule has 0 aliphatic rings. The van der Waals surface area contributed by atoms with E-state index in [4.69, 9.17) is 5.73 Å². The summed E-state index contributed by atoms with van der Waals surface area (Å²) in [6.07, 6.45) is -3.73. The number of hydrogen-bond donors (Lipinski definition) is 8. The van der Waals surface area contributed by atoms with E-state index in [2.05, 4.69) is 31.3 Å². The van der Waals surface area contributed by atoms with Crippen molar-refractivity contribution in [2.24, 2.45) is 5.73 Å². The van der Waals surface area contributed by atoms with Gasteiger partial charge in [-0.3, -0.25) is 4.79 Å². The van der Waals surface area contributed by atoms with E-state index in [-0.39, 0.29) is 6.54 Å². The number of hydrogen-bond acceptors (Lipinski definition) is 10. The second-order valence-electron chi connectivity index (χ2n) is 5.49. The molecule has 0 aromatic heterocycles. The monoisotopic (exact) mass is 378 g/mol. The Bertz CT molecular complexity index is 374. The van der Waals surface area contributed by atoms with E-state index in [1.807, 2.05) is 0 Å². The first-order valence-corrected chi connectivity index (χ1v) is 8.79. The molecule has 0 aromatic carbocycles. The summed E-state index contributed by atoms with van der Waals surface area (Å²) >= 11 is 0. The van der Waals surface area contributed by atoms with Gasteiger partial charge in [-0.2, -0.15) is 0 Å². The molecule has 0 saturated carbocycles. The molecule has 11 heteroatoms. The largest absolute Gasteiger partial charge is 0.467 e. The van der Waals surface area contributed by atoms with E-state index < -0.39 is 24.1 Å². The molecule has 0 unspecified atom stereocenters. The second kappa shape index (κ2) is 17.1. The van der Waals surface area contributed by atoms with Crippen LogP contribution in [0.3, 0.4) is 0 Å². The molecule has 0 aliphatic heterocycles. The van der Waals surface area contributed by atoms with Gasteiger partial charge in [-0.25, -0.2) is 4.79 Å². The number of ether oxygens (including phenoxy) is 1. The number of aliphatic hydroxyl groups is 2. The third-order valence-electron chi connectivity index (χ3n) is 3.37. The van der Waals surface area contributed by atoms with Crippen LogP contribution in [-0.2, 0) is 14.3 Å². The summed E-state index contributed by atoms with van der Waals surface area (Å²) in [6, 6.07) is 0. The molecule has 0 rings (SSSR count). The first-order valence-electron chi connectivity index (χ1n) is 8.79. The zero-order valence-corrected chi connectivity index (χ0v) is 15.4. The lowest BCUT2D eigenvalue weighted by Gasteiger charge is -2.15. The van der Waals surface area contributed by atoms with Crippen LogP contribution in [0.2, 0.25) is 0 Å². The molecule has 2 atom stereocenters. The number of aliphatic hydroxyl groups excluding tert-OH is 2. The SMILES string of the molecule is COC(=O)[C@H](O)[C@@H](O)C(=O)NCCNCCNCCNCCNCCN. The predicted molar refractivity (Wildman–Crippen MR) is 97.6 cm³/mol. The van der Waals surface area contributed by atoms with Crippen LogP contribution in [0.25, 0.3) is 0 Å². The summed E-state index contributed by atoms with van der Waals surface area (Å²) in [5, 5.41) is 34.1. The van der Waals surface area contributed by atoms with Crippen molar-refractivity contribution in [1.82, 2.24) is 26.6 Å². The zero-order valence-electron chi connectivity index (χ0n) is 15.4. The number of esters is 1. The highest BCUT2D eigenvalue weighted by atomic mass is 16.5. The number of nitrogens with two attached hydrogens (primary N) is 1. The predicted octanol–water partition coefficient (Wildman–Crippen LogP) is -4.69. The van der Waals surface area contributed by atoms with Gasteiger partial charge in [0, 0.05) is 65.4 Å². The number of nitrogens with one attached hydrogen (secondary N) is 5. The van der Waals surface area contributed by atoms with Crippen molar-refractivity contribution in [3.8, 4) is 0 Å². The maximum absolute atomic E-state index is 11.5. The van der Waals surface area contributed by atoms with E-state index in [0.717, 1.165) is 52.9 Å². The molecule has 0 aliphatic carbocycles. The van der Waals surface area contributed by atoms with Crippen molar-refractivity contribution in [3.63, 3.8) is 0 Å². The van der Waals surface area contributed by atoms with Gasteiger partial charge >= 0.3 is 5.97 Å². The molecule has 0 aromatic rings. The quantitative estimate of drug-likeness (QED) is 0.0909. The van der Waals surface area contributed by atoms with Crippen molar-refractivity contribution in [1.29, 1.82) is 0 Å². The average molecular weight is 378 g/mol. The van der Waals surface area contributed by atoms with Crippen LogP contribution in [0.4, 0.5) is 0 Å². The molecule has 26 heavy (non-hydrogen) atoms. The van der Waals surface area contributed by atoms with E-state index in [1.54, 1.807) is 0 Å². The third-order valence-corrected chi connectivity index (χ3v) is 3.37. The Morgan fingerprint density at radius 2 is 1.23 bits per heavy atom. The molecule has 0 fully saturated rings. The molecule has 0 bridgehead atoms. The summed E-state index contributed by atoms with van der Waals surface area (Å²) in [5.41, 5.74) is 5.37. The Hall–Kier alpha value is -1.34. The highest BCUT2D eigenvalue weighted by Gasteiger charge is 2.30. The summed E-state index contributed by atoms with van der Waals surface area (Å²) < 4.78 is 4.25. The van der Waals surface area contributed by atoms with Crippen LogP contribution < -0.4 is 32.3 Å². The maximum atomic E-state index is 11.5. The topological polar surface area (TPSA) is 170 Å². The smallest absolute Gasteiger partial charge is 0.338 e. The molecule has 0 radical (unpaired) electrons. The van der Waals surface area contributed by atoms with Crippen LogP contribution in [0.15, 0.2) is 0 Å². The molecular weight excluding hydrogens is 344 g/mol. The molecule has 9 N–H and O–H groups in total. The van der Waals surface area contributed by atoms with E-state index in [0.29, 0.717) is 13.1 Å². The number of rotatable bonds is 17. The Balaban J connectivity index is 3.40. The first-order chi connectivity index (χ1) is 12.5. The van der Waals surface area contributed by atoms with Crippen LogP contribution in [0, 0.1) is 0 Å². The Labute approximate surface area is 154 Å². The minimum absolute atomic E-state index is 0.265. The summed E-state index contributed by atoms with van der Waals surface area (Å²) in [5.74, 6) is -1.88. The van der Waals surface area contributed by atoms with Gasteiger partial charge in [0.15, 0.2) is 12.2 Å². The minimum atomic E-state index is -1.89. The van der Waals surface area contributed by atoms with Gasteiger partial charge in [0.1, 0.15) is 0 Å². The van der Waals surface area contributed by atoms with E-state index in [1.165, 1.54) is 0 Å². The Morgan fingerprint density at radius 3 is 1.65 bits per heavy atom. The lowest BCUT2D eigenvalue weighted by atomic mass is 10.2. The summed E-state index contributed by atoms with van der Waals surface area (Å²) in [7, 11) is 1.06. The molecule has 0 spiro atoms. The summed E-state index contributed by atoms with van der Waals surface area (Å²) in [4.78, 5) is 22.6. The first kappa shape index (κ1) is 24.7. The zero-order chi connectivity index (χ0) is 19.6. The fourth-order valence-corrected chi connectivity index (χ4v) is 1.90. The van der Waals surface area contributed by atoms with Gasteiger partial charge in [0.25, 0.3) is 5.91 Å². The van der Waals surface area contributed by atoms with Gasteiger partial charge in [0.2, 0.25) is 0 Å². The molecule has 0 heterocycles. The lowest BCUT2D eigenvalue weighted by Crippen LogP contribution is -2.47. The fourth-order valence-electron chi connectivity index (χ4n) is 1.90. The van der Waals surface area contributed by atoms with E-state index in [9.17, 15) is 19.8 Å². The van der Waals surface area contributed by atoms with Crippen LogP contribution >= 0.6 is 0 Å².